The average Bonchev–Trinajstić information content (AvgIpc) is 3.30. The van der Waals surface area contributed by atoms with Gasteiger partial charge in [-0.25, -0.2) is 4.98 Å². The Labute approximate surface area is 210 Å². The topological polar surface area (TPSA) is 99.3 Å². The van der Waals surface area contributed by atoms with Crippen LogP contribution in [0.15, 0.2) is 73.1 Å². The SMILES string of the molecule is COc1ccc(C(CNC(=O)CN(C)CC(=O)Nc2ccc(C)cn2)c2c[nH]c3ccccc23)cc1. The number of aromatic nitrogens is 2. The van der Waals surface area contributed by atoms with Crippen molar-refractivity contribution in [1.82, 2.24) is 20.2 Å². The molecule has 36 heavy (non-hydrogen) atoms. The number of pyridine rings is 1. The number of H-pyrrole nitrogens is 1. The first-order chi connectivity index (χ1) is 17.4. The second-order valence-corrected chi connectivity index (χ2v) is 8.86. The lowest BCUT2D eigenvalue weighted by molar-refractivity contribution is -0.123. The average molecular weight is 486 g/mol. The number of benzene rings is 2. The molecule has 0 aliphatic heterocycles. The molecule has 0 aliphatic carbocycles. The van der Waals surface area contributed by atoms with Crippen LogP contribution in [0.1, 0.15) is 22.6 Å². The third-order valence-electron chi connectivity index (χ3n) is 6.02. The number of methoxy groups -OCH3 is 1. The number of fused-ring (bicyclic) bond motifs is 1. The summed E-state index contributed by atoms with van der Waals surface area (Å²) in [5, 5.41) is 6.92. The quantitative estimate of drug-likeness (QED) is 0.318. The number of hydrogen-bond donors (Lipinski definition) is 3. The van der Waals surface area contributed by atoms with E-state index >= 15 is 0 Å². The first-order valence-electron chi connectivity index (χ1n) is 11.8. The second-order valence-electron chi connectivity index (χ2n) is 8.86. The Hall–Kier alpha value is -4.17. The van der Waals surface area contributed by atoms with Gasteiger partial charge in [0.15, 0.2) is 0 Å². The molecular weight excluding hydrogens is 454 g/mol. The number of amides is 2. The van der Waals surface area contributed by atoms with Gasteiger partial charge in [0, 0.05) is 35.8 Å². The minimum absolute atomic E-state index is 0.0581. The number of nitrogens with one attached hydrogen (secondary N) is 3. The van der Waals surface area contributed by atoms with Gasteiger partial charge in [-0.05, 0) is 54.9 Å². The fourth-order valence-corrected chi connectivity index (χ4v) is 4.17. The number of ether oxygens (including phenoxy) is 1. The van der Waals surface area contributed by atoms with Gasteiger partial charge in [-0.2, -0.15) is 0 Å². The van der Waals surface area contributed by atoms with Crippen LogP contribution in [0.3, 0.4) is 0 Å². The molecule has 4 aromatic rings. The van der Waals surface area contributed by atoms with Crippen molar-refractivity contribution in [3.05, 3.63) is 89.7 Å². The van der Waals surface area contributed by atoms with Crippen LogP contribution in [-0.2, 0) is 9.59 Å². The second kappa shape index (κ2) is 11.5. The predicted molar refractivity (Wildman–Crippen MR) is 141 cm³/mol. The number of carbonyl (C=O) groups is 2. The maximum Gasteiger partial charge on any atom is 0.239 e. The number of aryl methyl sites for hydroxylation is 1. The number of carbonyl (C=O) groups excluding carboxylic acids is 2. The summed E-state index contributed by atoms with van der Waals surface area (Å²) in [5.74, 6) is 0.830. The summed E-state index contributed by atoms with van der Waals surface area (Å²) in [6, 6.07) is 19.6. The Bertz CT molecular complexity index is 1320. The monoisotopic (exact) mass is 485 g/mol. The molecule has 0 saturated carbocycles. The van der Waals surface area contributed by atoms with Crippen LogP contribution in [0.2, 0.25) is 0 Å². The molecule has 3 N–H and O–H groups in total. The molecule has 2 aromatic heterocycles. The summed E-state index contributed by atoms with van der Waals surface area (Å²) in [5.41, 5.74) is 4.24. The van der Waals surface area contributed by atoms with E-state index < -0.39 is 0 Å². The van der Waals surface area contributed by atoms with Gasteiger partial charge in [-0.1, -0.05) is 36.4 Å². The van der Waals surface area contributed by atoms with Gasteiger partial charge < -0.3 is 20.4 Å². The molecule has 0 aliphatic rings. The van der Waals surface area contributed by atoms with E-state index in [1.54, 1.807) is 31.3 Å². The lowest BCUT2D eigenvalue weighted by atomic mass is 9.90. The summed E-state index contributed by atoms with van der Waals surface area (Å²) >= 11 is 0. The van der Waals surface area contributed by atoms with Gasteiger partial charge in [0.25, 0.3) is 0 Å². The van der Waals surface area contributed by atoms with Gasteiger partial charge in [0.2, 0.25) is 11.8 Å². The van der Waals surface area contributed by atoms with E-state index in [4.69, 9.17) is 4.74 Å². The van der Waals surface area contributed by atoms with E-state index in [2.05, 4.69) is 26.7 Å². The van der Waals surface area contributed by atoms with Crippen LogP contribution in [-0.4, -0.2) is 60.5 Å². The maximum absolute atomic E-state index is 12.8. The number of likely N-dealkylation sites (N-methyl/N-ethyl adjacent to an activating group) is 1. The largest absolute Gasteiger partial charge is 0.497 e. The van der Waals surface area contributed by atoms with Crippen molar-refractivity contribution in [3.8, 4) is 5.75 Å². The van der Waals surface area contributed by atoms with Crippen LogP contribution in [0.5, 0.6) is 5.75 Å². The standard InChI is InChI=1S/C28H31N5O3/c1-19-8-13-26(30-14-19)32-28(35)18-33(2)17-27(34)31-15-23(20-9-11-21(36-3)12-10-20)24-16-29-25-7-5-4-6-22(24)25/h4-14,16,23,29H,15,17-18H2,1-3H3,(H,31,34)(H,30,32,35). The van der Waals surface area contributed by atoms with Gasteiger partial charge in [-0.15, -0.1) is 0 Å². The van der Waals surface area contributed by atoms with E-state index in [1.807, 2.05) is 61.7 Å². The van der Waals surface area contributed by atoms with Crippen molar-refractivity contribution >= 4 is 28.5 Å². The molecule has 2 heterocycles. The highest BCUT2D eigenvalue weighted by Gasteiger charge is 2.20. The molecule has 4 rings (SSSR count). The zero-order valence-corrected chi connectivity index (χ0v) is 20.7. The number of aromatic amines is 1. The summed E-state index contributed by atoms with van der Waals surface area (Å²) in [4.78, 5) is 34.3. The van der Waals surface area contributed by atoms with Crippen molar-refractivity contribution in [3.63, 3.8) is 0 Å². The summed E-state index contributed by atoms with van der Waals surface area (Å²) in [6.07, 6.45) is 3.70. The van der Waals surface area contributed by atoms with Crippen LogP contribution in [0.25, 0.3) is 10.9 Å². The molecule has 0 saturated heterocycles. The first-order valence-corrected chi connectivity index (χ1v) is 11.8. The number of para-hydroxylation sites is 1. The van der Waals surface area contributed by atoms with Crippen molar-refractivity contribution < 1.29 is 14.3 Å². The number of nitrogens with zero attached hydrogens (tertiary/aromatic N) is 2. The van der Waals surface area contributed by atoms with Crippen LogP contribution in [0, 0.1) is 6.92 Å². The number of rotatable bonds is 10. The molecule has 1 atom stereocenters. The molecule has 0 radical (unpaired) electrons. The summed E-state index contributed by atoms with van der Waals surface area (Å²) < 4.78 is 5.31. The predicted octanol–water partition coefficient (Wildman–Crippen LogP) is 3.70. The lowest BCUT2D eigenvalue weighted by Crippen LogP contribution is -2.40. The summed E-state index contributed by atoms with van der Waals surface area (Å²) in [6.45, 7) is 2.52. The van der Waals surface area contributed by atoms with Gasteiger partial charge in [-0.3, -0.25) is 14.5 Å². The molecule has 2 aromatic carbocycles. The van der Waals surface area contributed by atoms with E-state index in [1.165, 1.54) is 0 Å². The smallest absolute Gasteiger partial charge is 0.239 e. The molecular formula is C28H31N5O3. The Morgan fingerprint density at radius 1 is 1.03 bits per heavy atom. The first kappa shape index (κ1) is 24.9. The van der Waals surface area contributed by atoms with E-state index in [-0.39, 0.29) is 30.8 Å². The normalized spacial score (nSPS) is 11.9. The van der Waals surface area contributed by atoms with Crippen molar-refractivity contribution in [2.45, 2.75) is 12.8 Å². The molecule has 0 spiro atoms. The van der Waals surface area contributed by atoms with Gasteiger partial charge >= 0.3 is 0 Å². The molecule has 186 valence electrons. The zero-order valence-electron chi connectivity index (χ0n) is 20.7. The minimum Gasteiger partial charge on any atom is -0.497 e. The third-order valence-corrected chi connectivity index (χ3v) is 6.02. The van der Waals surface area contributed by atoms with E-state index in [0.717, 1.165) is 33.3 Å². The lowest BCUT2D eigenvalue weighted by Gasteiger charge is -2.20. The Morgan fingerprint density at radius 2 is 1.78 bits per heavy atom. The van der Waals surface area contributed by atoms with Crippen LogP contribution in [0.4, 0.5) is 5.82 Å². The Morgan fingerprint density at radius 3 is 2.50 bits per heavy atom. The van der Waals surface area contributed by atoms with Gasteiger partial charge in [0.1, 0.15) is 11.6 Å². The molecule has 2 amide bonds. The molecule has 8 nitrogen and oxygen atoms in total. The molecule has 8 heteroatoms. The number of hydrogen-bond acceptors (Lipinski definition) is 5. The Kier molecular flexibility index (Phi) is 7.97. The molecule has 1 unspecified atom stereocenters. The summed E-state index contributed by atoms with van der Waals surface area (Å²) in [7, 11) is 3.38. The van der Waals surface area contributed by atoms with Crippen LogP contribution >= 0.6 is 0 Å². The van der Waals surface area contributed by atoms with E-state index in [0.29, 0.717) is 12.4 Å². The zero-order chi connectivity index (χ0) is 25.5. The number of anilines is 1. The van der Waals surface area contributed by atoms with E-state index in [9.17, 15) is 9.59 Å². The van der Waals surface area contributed by atoms with Gasteiger partial charge in [0.05, 0.1) is 20.2 Å². The van der Waals surface area contributed by atoms with Crippen molar-refractivity contribution in [2.75, 3.05) is 39.1 Å². The molecule has 0 fully saturated rings. The highest BCUT2D eigenvalue weighted by Crippen LogP contribution is 2.31. The van der Waals surface area contributed by atoms with Crippen molar-refractivity contribution in [2.24, 2.45) is 0 Å². The highest BCUT2D eigenvalue weighted by atomic mass is 16.5. The van der Waals surface area contributed by atoms with Crippen LogP contribution < -0.4 is 15.4 Å². The molecule has 0 bridgehead atoms. The fraction of sp³-hybridized carbons (Fsp3) is 0.250. The Balaban J connectivity index is 1.39. The highest BCUT2D eigenvalue weighted by molar-refractivity contribution is 5.91. The van der Waals surface area contributed by atoms with Crippen molar-refractivity contribution in [1.29, 1.82) is 0 Å². The maximum atomic E-state index is 12.8. The fourth-order valence-electron chi connectivity index (χ4n) is 4.17. The minimum atomic E-state index is -0.225. The third kappa shape index (κ3) is 6.28.